The average Bonchev–Trinajstić information content (AvgIpc) is 2.67. The van der Waals surface area contributed by atoms with E-state index >= 15 is 0 Å². The fourth-order valence-electron chi connectivity index (χ4n) is 1.88. The van der Waals surface area contributed by atoms with E-state index in [1.807, 2.05) is 23.5 Å². The molecule has 1 aliphatic heterocycles. The number of rotatable bonds is 2. The summed E-state index contributed by atoms with van der Waals surface area (Å²) in [4.78, 5) is 4.87. The minimum Gasteiger partial charge on any atom is -0.268 e. The van der Waals surface area contributed by atoms with Gasteiger partial charge < -0.3 is 0 Å². The van der Waals surface area contributed by atoms with E-state index < -0.39 is 0 Å². The lowest BCUT2D eigenvalue weighted by Crippen LogP contribution is -2.10. The molecule has 1 heterocycles. The molecule has 2 fully saturated rings. The van der Waals surface area contributed by atoms with Crippen LogP contribution in [0.5, 0.6) is 0 Å². The van der Waals surface area contributed by atoms with E-state index in [1.165, 1.54) is 46.7 Å². The number of alkyl halides is 1. The van der Waals surface area contributed by atoms with Crippen molar-refractivity contribution in [3.8, 4) is 0 Å². The maximum Gasteiger partial charge on any atom is 0.125 e. The first-order valence-corrected chi connectivity index (χ1v) is 8.71. The second-order valence-electron chi connectivity index (χ2n) is 3.89. The smallest absolute Gasteiger partial charge is 0.125 e. The highest BCUT2D eigenvalue weighted by atomic mass is 127. The van der Waals surface area contributed by atoms with Crippen molar-refractivity contribution in [3.05, 3.63) is 0 Å². The number of aliphatic imine (C=N–C) groups is 1. The second kappa shape index (κ2) is 5.99. The van der Waals surface area contributed by atoms with Gasteiger partial charge in [0.25, 0.3) is 0 Å². The zero-order valence-electron chi connectivity index (χ0n) is 8.25. The summed E-state index contributed by atoms with van der Waals surface area (Å²) in [5, 5.41) is 0.822. The highest BCUT2D eigenvalue weighted by molar-refractivity contribution is 14.1. The normalized spacial score (nSPS) is 32.6. The number of hydrogen-bond acceptors (Lipinski definition) is 3. The van der Waals surface area contributed by atoms with Gasteiger partial charge in [0.2, 0.25) is 0 Å². The highest BCUT2D eigenvalue weighted by Crippen LogP contribution is 2.35. The largest absolute Gasteiger partial charge is 0.268 e. The predicted molar refractivity (Wildman–Crippen MR) is 77.0 cm³/mol. The molecule has 1 unspecified atom stereocenters. The van der Waals surface area contributed by atoms with Gasteiger partial charge in [-0.05, 0) is 12.8 Å². The van der Waals surface area contributed by atoms with Gasteiger partial charge in [0.05, 0.1) is 6.04 Å². The molecule has 0 spiro atoms. The fourth-order valence-corrected chi connectivity index (χ4v) is 5.74. The Morgan fingerprint density at radius 1 is 1.29 bits per heavy atom. The fraction of sp³-hybridized carbons (Fsp3) is 0.900. The highest BCUT2D eigenvalue weighted by Gasteiger charge is 2.22. The van der Waals surface area contributed by atoms with Gasteiger partial charge in [-0.2, -0.15) is 0 Å². The lowest BCUT2D eigenvalue weighted by Gasteiger charge is -2.17. The predicted octanol–water partition coefficient (Wildman–Crippen LogP) is 3.96. The zero-order valence-corrected chi connectivity index (χ0v) is 12.0. The molecule has 1 nitrogen and oxygen atoms in total. The van der Waals surface area contributed by atoms with Crippen LogP contribution in [0.15, 0.2) is 4.99 Å². The van der Waals surface area contributed by atoms with E-state index in [9.17, 15) is 0 Å². The molecule has 1 saturated carbocycles. The van der Waals surface area contributed by atoms with Crippen LogP contribution >= 0.6 is 46.1 Å². The summed E-state index contributed by atoms with van der Waals surface area (Å²) in [5.74, 6) is 1.28. The van der Waals surface area contributed by atoms with Gasteiger partial charge >= 0.3 is 0 Å². The molecule has 1 saturated heterocycles. The lowest BCUT2D eigenvalue weighted by atomic mass is 9.96. The Kier molecular flexibility index (Phi) is 4.95. The summed E-state index contributed by atoms with van der Waals surface area (Å²) in [6.45, 7) is 0. The van der Waals surface area contributed by atoms with Crippen molar-refractivity contribution >= 4 is 50.5 Å². The van der Waals surface area contributed by atoms with Crippen LogP contribution in [0.3, 0.4) is 0 Å². The third kappa shape index (κ3) is 3.30. The number of nitrogens with zero attached hydrogens (tertiary/aromatic N) is 1. The lowest BCUT2D eigenvalue weighted by molar-refractivity contribution is 0.444. The Morgan fingerprint density at radius 2 is 2.07 bits per heavy atom. The number of halogens is 1. The van der Waals surface area contributed by atoms with Crippen LogP contribution < -0.4 is 0 Å². The van der Waals surface area contributed by atoms with Crippen LogP contribution in [0.25, 0.3) is 0 Å². The SMILES string of the molecule is ICC1CSC(=NC2CCCCC2)S1. The summed E-state index contributed by atoms with van der Waals surface area (Å²) in [6, 6.07) is 0.659. The third-order valence-corrected chi connectivity index (χ3v) is 7.10. The van der Waals surface area contributed by atoms with Gasteiger partial charge in [-0.3, -0.25) is 4.99 Å². The van der Waals surface area contributed by atoms with Crippen molar-refractivity contribution in [2.75, 3.05) is 10.2 Å². The van der Waals surface area contributed by atoms with Crippen molar-refractivity contribution in [1.29, 1.82) is 0 Å². The molecule has 0 N–H and O–H groups in total. The molecule has 0 bridgehead atoms. The molecule has 4 heteroatoms. The quantitative estimate of drug-likeness (QED) is 0.557. The van der Waals surface area contributed by atoms with Crippen LogP contribution in [0, 0.1) is 0 Å². The van der Waals surface area contributed by atoms with Crippen LogP contribution in [-0.4, -0.2) is 25.8 Å². The first-order valence-electron chi connectivity index (χ1n) is 5.31. The molecule has 0 aromatic carbocycles. The van der Waals surface area contributed by atoms with E-state index in [2.05, 4.69) is 22.6 Å². The monoisotopic (exact) mass is 341 g/mol. The van der Waals surface area contributed by atoms with E-state index in [4.69, 9.17) is 4.99 Å². The van der Waals surface area contributed by atoms with Gasteiger partial charge in [0.1, 0.15) is 4.38 Å². The molecule has 80 valence electrons. The molecule has 1 aliphatic carbocycles. The first-order chi connectivity index (χ1) is 6.88. The van der Waals surface area contributed by atoms with Gasteiger partial charge in [-0.1, -0.05) is 65.4 Å². The topological polar surface area (TPSA) is 12.4 Å². The maximum atomic E-state index is 4.87. The Bertz CT molecular complexity index is 214. The zero-order chi connectivity index (χ0) is 9.80. The Hall–Kier alpha value is 1.10. The maximum absolute atomic E-state index is 4.87. The molecule has 1 atom stereocenters. The summed E-state index contributed by atoms with van der Waals surface area (Å²) in [6.07, 6.45) is 6.88. The van der Waals surface area contributed by atoms with Crippen LogP contribution in [0.1, 0.15) is 32.1 Å². The molecule has 0 radical (unpaired) electrons. The van der Waals surface area contributed by atoms with Crippen molar-refractivity contribution in [1.82, 2.24) is 0 Å². The summed E-state index contributed by atoms with van der Waals surface area (Å²) < 4.78 is 2.64. The average molecular weight is 341 g/mol. The third-order valence-electron chi connectivity index (χ3n) is 2.69. The van der Waals surface area contributed by atoms with Gasteiger partial charge in [-0.25, -0.2) is 0 Å². The summed E-state index contributed by atoms with van der Waals surface area (Å²) >= 11 is 6.47. The Morgan fingerprint density at radius 3 is 2.71 bits per heavy atom. The van der Waals surface area contributed by atoms with Gasteiger partial charge in [0.15, 0.2) is 0 Å². The first kappa shape index (κ1) is 11.6. The van der Waals surface area contributed by atoms with Crippen LogP contribution in [0.2, 0.25) is 0 Å². The Labute approximate surface area is 108 Å². The van der Waals surface area contributed by atoms with Crippen molar-refractivity contribution in [3.63, 3.8) is 0 Å². The molecule has 2 rings (SSSR count). The molecular formula is C10H16INS2. The van der Waals surface area contributed by atoms with E-state index in [-0.39, 0.29) is 0 Å². The second-order valence-corrected chi connectivity index (χ2v) is 7.33. The minimum absolute atomic E-state index is 0.659. The molecule has 14 heavy (non-hydrogen) atoms. The molecule has 0 amide bonds. The summed E-state index contributed by atoms with van der Waals surface area (Å²) in [7, 11) is 0. The van der Waals surface area contributed by atoms with E-state index in [1.54, 1.807) is 0 Å². The Balaban J connectivity index is 1.84. The van der Waals surface area contributed by atoms with E-state index in [0.717, 1.165) is 5.25 Å². The molecule has 0 aromatic heterocycles. The molecule has 2 aliphatic rings. The summed E-state index contributed by atoms with van der Waals surface area (Å²) in [5.41, 5.74) is 0. The molecule has 0 aromatic rings. The standard InChI is InChI=1S/C10H16INS2/c11-6-9-7-13-10(14-9)12-8-4-2-1-3-5-8/h8-9H,1-7H2. The van der Waals surface area contributed by atoms with Crippen molar-refractivity contribution in [2.45, 2.75) is 43.4 Å². The number of thioether (sulfide) groups is 2. The van der Waals surface area contributed by atoms with Crippen LogP contribution in [0.4, 0.5) is 0 Å². The van der Waals surface area contributed by atoms with Crippen molar-refractivity contribution in [2.24, 2.45) is 4.99 Å². The van der Waals surface area contributed by atoms with E-state index in [0.29, 0.717) is 6.04 Å². The molecular weight excluding hydrogens is 325 g/mol. The number of hydrogen-bond donors (Lipinski definition) is 0. The van der Waals surface area contributed by atoms with Gasteiger partial charge in [0, 0.05) is 15.4 Å². The van der Waals surface area contributed by atoms with Gasteiger partial charge in [-0.15, -0.1) is 0 Å². The van der Waals surface area contributed by atoms with Crippen molar-refractivity contribution < 1.29 is 0 Å². The van der Waals surface area contributed by atoms with Crippen LogP contribution in [-0.2, 0) is 0 Å². The minimum atomic E-state index is 0.659.